The lowest BCUT2D eigenvalue weighted by Gasteiger charge is -2.24. The van der Waals surface area contributed by atoms with E-state index >= 15 is 0 Å². The molecular weight excluding hydrogens is 259 g/mol. The van der Waals surface area contributed by atoms with Gasteiger partial charge in [0.15, 0.2) is 0 Å². The Bertz CT molecular complexity index is 514. The number of anilines is 2. The molecule has 0 bridgehead atoms. The lowest BCUT2D eigenvalue weighted by Crippen LogP contribution is -2.28. The first kappa shape index (κ1) is 16.3. The normalized spacial score (nSPS) is 12.2. The minimum atomic E-state index is -0.629. The molecule has 1 aromatic rings. The van der Waals surface area contributed by atoms with Crippen molar-refractivity contribution in [3.63, 3.8) is 0 Å². The van der Waals surface area contributed by atoms with E-state index < -0.39 is 17.4 Å². The van der Waals surface area contributed by atoms with E-state index in [0.717, 1.165) is 6.07 Å². The average Bonchev–Trinajstić information content (AvgIpc) is 2.17. The van der Waals surface area contributed by atoms with Crippen LogP contribution in [-0.4, -0.2) is 17.1 Å². The molecule has 0 aliphatic carbocycles. The molecule has 0 atom stereocenters. The standard InChI is InChI=1S/C15H23FN2O2/c1-14(2,3)18-12-7-9(11(17)8-10(12)16)13(19)20-15(4,5)6/h7-8,18H,17H2,1-6H3. The number of hydrogen-bond acceptors (Lipinski definition) is 4. The number of halogens is 1. The smallest absolute Gasteiger partial charge is 0.340 e. The number of nitrogens with two attached hydrogens (primary N) is 1. The van der Waals surface area contributed by atoms with E-state index in [0.29, 0.717) is 0 Å². The van der Waals surface area contributed by atoms with E-state index in [1.54, 1.807) is 20.8 Å². The van der Waals surface area contributed by atoms with Gasteiger partial charge in [-0.25, -0.2) is 9.18 Å². The van der Waals surface area contributed by atoms with Crippen LogP contribution in [0.25, 0.3) is 0 Å². The highest BCUT2D eigenvalue weighted by molar-refractivity contribution is 5.96. The van der Waals surface area contributed by atoms with Gasteiger partial charge in [0, 0.05) is 11.2 Å². The first-order valence-electron chi connectivity index (χ1n) is 6.49. The summed E-state index contributed by atoms with van der Waals surface area (Å²) in [6.45, 7) is 11.0. The van der Waals surface area contributed by atoms with E-state index in [1.165, 1.54) is 6.07 Å². The lowest BCUT2D eigenvalue weighted by atomic mass is 10.1. The van der Waals surface area contributed by atoms with Crippen molar-refractivity contribution in [3.8, 4) is 0 Å². The van der Waals surface area contributed by atoms with E-state index in [-0.39, 0.29) is 22.5 Å². The monoisotopic (exact) mass is 282 g/mol. The van der Waals surface area contributed by atoms with Crippen LogP contribution < -0.4 is 11.1 Å². The average molecular weight is 282 g/mol. The van der Waals surface area contributed by atoms with Gasteiger partial charge in [-0.15, -0.1) is 0 Å². The van der Waals surface area contributed by atoms with E-state index in [1.807, 2.05) is 20.8 Å². The molecule has 0 unspecified atom stereocenters. The predicted molar refractivity (Wildman–Crippen MR) is 79.4 cm³/mol. The summed E-state index contributed by atoms with van der Waals surface area (Å²) in [4.78, 5) is 12.1. The van der Waals surface area contributed by atoms with Gasteiger partial charge in [-0.1, -0.05) is 0 Å². The number of carbonyl (C=O) groups excluding carboxylic acids is 1. The van der Waals surface area contributed by atoms with Gasteiger partial charge in [-0.05, 0) is 53.7 Å². The largest absolute Gasteiger partial charge is 0.456 e. The Hall–Kier alpha value is -1.78. The Labute approximate surface area is 119 Å². The highest BCUT2D eigenvalue weighted by atomic mass is 19.1. The number of carbonyl (C=O) groups is 1. The third-order valence-electron chi connectivity index (χ3n) is 2.27. The van der Waals surface area contributed by atoms with Crippen LogP contribution in [0.5, 0.6) is 0 Å². The topological polar surface area (TPSA) is 64.3 Å². The van der Waals surface area contributed by atoms with Crippen LogP contribution in [0.15, 0.2) is 12.1 Å². The quantitative estimate of drug-likeness (QED) is 0.643. The molecule has 0 saturated carbocycles. The number of benzene rings is 1. The third kappa shape index (κ3) is 4.72. The molecule has 0 fully saturated rings. The van der Waals surface area contributed by atoms with Crippen molar-refractivity contribution in [2.45, 2.75) is 52.7 Å². The van der Waals surface area contributed by atoms with Crippen molar-refractivity contribution in [3.05, 3.63) is 23.5 Å². The first-order chi connectivity index (χ1) is 8.89. The van der Waals surface area contributed by atoms with Gasteiger partial charge < -0.3 is 15.8 Å². The first-order valence-corrected chi connectivity index (χ1v) is 6.49. The Morgan fingerprint density at radius 2 is 1.75 bits per heavy atom. The summed E-state index contributed by atoms with van der Waals surface area (Å²) in [5.74, 6) is -1.06. The summed E-state index contributed by atoms with van der Waals surface area (Å²) in [5, 5.41) is 3.00. The number of nitrogen functional groups attached to an aromatic ring is 1. The highest BCUT2D eigenvalue weighted by Gasteiger charge is 2.22. The number of esters is 1. The molecule has 0 radical (unpaired) electrons. The fourth-order valence-corrected chi connectivity index (χ4v) is 1.60. The molecule has 0 spiro atoms. The van der Waals surface area contributed by atoms with Crippen molar-refractivity contribution in [1.29, 1.82) is 0 Å². The molecule has 0 heterocycles. The maximum Gasteiger partial charge on any atom is 0.340 e. The van der Waals surface area contributed by atoms with Crippen LogP contribution in [0.4, 0.5) is 15.8 Å². The Morgan fingerprint density at radius 3 is 2.20 bits per heavy atom. The zero-order valence-corrected chi connectivity index (χ0v) is 12.9. The van der Waals surface area contributed by atoms with Crippen molar-refractivity contribution >= 4 is 17.3 Å². The molecular formula is C15H23FN2O2. The zero-order valence-electron chi connectivity index (χ0n) is 12.9. The van der Waals surface area contributed by atoms with Crippen molar-refractivity contribution in [2.75, 3.05) is 11.1 Å². The summed E-state index contributed by atoms with van der Waals surface area (Å²) in [6.07, 6.45) is 0. The fraction of sp³-hybridized carbons (Fsp3) is 0.533. The van der Waals surface area contributed by atoms with E-state index in [4.69, 9.17) is 10.5 Å². The number of ether oxygens (including phenoxy) is 1. The SMILES string of the molecule is CC(C)(C)Nc1cc(C(=O)OC(C)(C)C)c(N)cc1F. The molecule has 0 aliphatic heterocycles. The van der Waals surface area contributed by atoms with Crippen LogP contribution in [-0.2, 0) is 4.74 Å². The number of rotatable bonds is 2. The Balaban J connectivity index is 3.15. The highest BCUT2D eigenvalue weighted by Crippen LogP contribution is 2.26. The number of nitrogens with one attached hydrogen (secondary N) is 1. The molecule has 4 nitrogen and oxygen atoms in total. The molecule has 0 amide bonds. The molecule has 1 aromatic carbocycles. The molecule has 3 N–H and O–H groups in total. The molecule has 0 aromatic heterocycles. The second-order valence-electron chi connectivity index (χ2n) is 6.80. The zero-order chi connectivity index (χ0) is 15.7. The van der Waals surface area contributed by atoms with Crippen LogP contribution in [0.2, 0.25) is 0 Å². The van der Waals surface area contributed by atoms with E-state index in [9.17, 15) is 9.18 Å². The van der Waals surface area contributed by atoms with Crippen LogP contribution >= 0.6 is 0 Å². The molecule has 0 aliphatic rings. The summed E-state index contributed by atoms with van der Waals surface area (Å²) >= 11 is 0. The molecule has 5 heteroatoms. The molecule has 1 rings (SSSR count). The lowest BCUT2D eigenvalue weighted by molar-refractivity contribution is 0.00708. The fourth-order valence-electron chi connectivity index (χ4n) is 1.60. The molecule has 0 saturated heterocycles. The summed E-state index contributed by atoms with van der Waals surface area (Å²) in [5.41, 5.74) is 5.20. The van der Waals surface area contributed by atoms with Crippen molar-refractivity contribution in [2.24, 2.45) is 0 Å². The second kappa shape index (κ2) is 5.31. The second-order valence-corrected chi connectivity index (χ2v) is 6.80. The summed E-state index contributed by atoms with van der Waals surface area (Å²) < 4.78 is 19.1. The summed E-state index contributed by atoms with van der Waals surface area (Å²) in [6, 6.07) is 2.53. The van der Waals surface area contributed by atoms with Crippen LogP contribution in [0.1, 0.15) is 51.9 Å². The van der Waals surface area contributed by atoms with Gasteiger partial charge in [0.25, 0.3) is 0 Å². The van der Waals surface area contributed by atoms with Crippen molar-refractivity contribution in [1.82, 2.24) is 0 Å². The summed E-state index contributed by atoms with van der Waals surface area (Å²) in [7, 11) is 0. The molecule has 112 valence electrons. The minimum absolute atomic E-state index is 0.0659. The Kier molecular flexibility index (Phi) is 4.32. The van der Waals surface area contributed by atoms with Gasteiger partial charge in [0.1, 0.15) is 11.4 Å². The minimum Gasteiger partial charge on any atom is -0.456 e. The van der Waals surface area contributed by atoms with Gasteiger partial charge >= 0.3 is 5.97 Å². The Morgan fingerprint density at radius 1 is 1.20 bits per heavy atom. The maximum absolute atomic E-state index is 13.9. The molecule has 20 heavy (non-hydrogen) atoms. The third-order valence-corrected chi connectivity index (χ3v) is 2.27. The van der Waals surface area contributed by atoms with Crippen molar-refractivity contribution < 1.29 is 13.9 Å². The van der Waals surface area contributed by atoms with Gasteiger partial charge in [-0.3, -0.25) is 0 Å². The van der Waals surface area contributed by atoms with Gasteiger partial charge in [0.05, 0.1) is 11.3 Å². The predicted octanol–water partition coefficient (Wildman–Crippen LogP) is 3.57. The van der Waals surface area contributed by atoms with Gasteiger partial charge in [0.2, 0.25) is 0 Å². The van der Waals surface area contributed by atoms with Crippen LogP contribution in [0.3, 0.4) is 0 Å². The van der Waals surface area contributed by atoms with Crippen LogP contribution in [0, 0.1) is 5.82 Å². The maximum atomic E-state index is 13.9. The number of hydrogen-bond donors (Lipinski definition) is 2. The van der Waals surface area contributed by atoms with Gasteiger partial charge in [-0.2, -0.15) is 0 Å². The van der Waals surface area contributed by atoms with E-state index in [2.05, 4.69) is 5.32 Å².